The minimum Gasteiger partial charge on any atom is -0.312 e. The van der Waals surface area contributed by atoms with E-state index in [4.69, 9.17) is 0 Å². The average Bonchev–Trinajstić information content (AvgIpc) is 3.20. The minimum atomic E-state index is 0.399. The topological polar surface area (TPSA) is 28.2 Å². The molecule has 1 aliphatic heterocycles. The molecule has 1 unspecified atom stereocenters. The Bertz CT molecular complexity index is 419. The molecule has 1 saturated heterocycles. The van der Waals surface area contributed by atoms with E-state index >= 15 is 0 Å². The predicted octanol–water partition coefficient (Wildman–Crippen LogP) is 3.01. The van der Waals surface area contributed by atoms with Crippen LogP contribution in [0.5, 0.6) is 0 Å². The van der Waals surface area contributed by atoms with Crippen LogP contribution in [0, 0.1) is 0 Å². The molecule has 1 atom stereocenters. The number of likely N-dealkylation sites (tertiary alicyclic amines) is 1. The summed E-state index contributed by atoms with van der Waals surface area (Å²) in [5, 5.41) is 3.83. The van der Waals surface area contributed by atoms with Crippen LogP contribution in [0.25, 0.3) is 0 Å². The number of pyridine rings is 1. The van der Waals surface area contributed by atoms with Crippen molar-refractivity contribution < 1.29 is 0 Å². The van der Waals surface area contributed by atoms with Gasteiger partial charge in [-0.05, 0) is 69.4 Å². The quantitative estimate of drug-likeness (QED) is 0.872. The molecule has 0 aromatic carbocycles. The van der Waals surface area contributed by atoms with Gasteiger partial charge in [-0.25, -0.2) is 0 Å². The van der Waals surface area contributed by atoms with E-state index in [-0.39, 0.29) is 0 Å². The van der Waals surface area contributed by atoms with Crippen molar-refractivity contribution in [3.63, 3.8) is 0 Å². The van der Waals surface area contributed by atoms with Crippen LogP contribution < -0.4 is 5.32 Å². The second kappa shape index (κ2) is 6.89. The number of aromatic nitrogens is 1. The first-order valence-corrected chi connectivity index (χ1v) is 8.72. The van der Waals surface area contributed by atoms with Crippen molar-refractivity contribution in [3.05, 3.63) is 30.1 Å². The predicted molar refractivity (Wildman–Crippen MR) is 87.4 cm³/mol. The lowest BCUT2D eigenvalue weighted by atomic mass is 9.82. The zero-order valence-electron chi connectivity index (χ0n) is 13.4. The summed E-state index contributed by atoms with van der Waals surface area (Å²) < 4.78 is 0. The molecule has 1 N–H and O–H groups in total. The first kappa shape index (κ1) is 15.0. The van der Waals surface area contributed by atoms with Crippen LogP contribution in [0.15, 0.2) is 24.5 Å². The fourth-order valence-electron chi connectivity index (χ4n) is 4.49. The summed E-state index contributed by atoms with van der Waals surface area (Å²) in [5.41, 5.74) is 1.82. The zero-order valence-corrected chi connectivity index (χ0v) is 13.4. The standard InChI is InChI=1S/C18H29N3/c1-2-20-17(15-16-7-11-19-12-8-16)18(9-3-4-10-18)21-13-5-6-14-21/h7-8,11-12,17,20H,2-6,9-10,13-15H2,1H3. The highest BCUT2D eigenvalue weighted by atomic mass is 15.2. The Hall–Kier alpha value is -0.930. The van der Waals surface area contributed by atoms with Crippen molar-refractivity contribution in [2.75, 3.05) is 19.6 Å². The maximum atomic E-state index is 4.16. The molecular formula is C18H29N3. The Labute approximate surface area is 129 Å². The molecule has 2 aliphatic rings. The fraction of sp³-hybridized carbons (Fsp3) is 0.722. The van der Waals surface area contributed by atoms with Gasteiger partial charge in [-0.15, -0.1) is 0 Å². The van der Waals surface area contributed by atoms with E-state index in [1.807, 2.05) is 12.4 Å². The third-order valence-corrected chi connectivity index (χ3v) is 5.49. The third-order valence-electron chi connectivity index (χ3n) is 5.49. The Morgan fingerprint density at radius 1 is 1.14 bits per heavy atom. The first-order chi connectivity index (χ1) is 10.3. The molecule has 3 heteroatoms. The Morgan fingerprint density at radius 2 is 1.81 bits per heavy atom. The maximum absolute atomic E-state index is 4.16. The second-order valence-electron chi connectivity index (χ2n) is 6.67. The van der Waals surface area contributed by atoms with Crippen molar-refractivity contribution in [2.24, 2.45) is 0 Å². The van der Waals surface area contributed by atoms with Gasteiger partial charge in [0.25, 0.3) is 0 Å². The van der Waals surface area contributed by atoms with Gasteiger partial charge in [0.2, 0.25) is 0 Å². The van der Waals surface area contributed by atoms with Crippen molar-refractivity contribution in [2.45, 2.75) is 63.5 Å². The van der Waals surface area contributed by atoms with Gasteiger partial charge < -0.3 is 5.32 Å². The van der Waals surface area contributed by atoms with Crippen LogP contribution >= 0.6 is 0 Å². The van der Waals surface area contributed by atoms with Crippen molar-refractivity contribution in [1.29, 1.82) is 0 Å². The zero-order chi connectivity index (χ0) is 14.5. The van der Waals surface area contributed by atoms with Gasteiger partial charge in [-0.2, -0.15) is 0 Å². The Morgan fingerprint density at radius 3 is 2.43 bits per heavy atom. The summed E-state index contributed by atoms with van der Waals surface area (Å²) in [6.45, 7) is 5.91. The van der Waals surface area contributed by atoms with E-state index in [1.54, 1.807) is 0 Å². The summed E-state index contributed by atoms with van der Waals surface area (Å²) >= 11 is 0. The molecule has 1 aliphatic carbocycles. The number of nitrogens with zero attached hydrogens (tertiary/aromatic N) is 2. The molecule has 0 bridgehead atoms. The van der Waals surface area contributed by atoms with Crippen LogP contribution in [0.2, 0.25) is 0 Å². The number of nitrogens with one attached hydrogen (secondary N) is 1. The van der Waals surface area contributed by atoms with Gasteiger partial charge in [0, 0.05) is 24.0 Å². The Balaban J connectivity index is 1.82. The lowest BCUT2D eigenvalue weighted by Gasteiger charge is -2.45. The molecular weight excluding hydrogens is 258 g/mol. The minimum absolute atomic E-state index is 0.399. The molecule has 1 aromatic heterocycles. The number of hydrogen-bond acceptors (Lipinski definition) is 3. The molecule has 3 rings (SSSR count). The van der Waals surface area contributed by atoms with Crippen molar-refractivity contribution in [1.82, 2.24) is 15.2 Å². The van der Waals surface area contributed by atoms with Gasteiger partial charge in [0.1, 0.15) is 0 Å². The van der Waals surface area contributed by atoms with Gasteiger partial charge in [0.15, 0.2) is 0 Å². The third kappa shape index (κ3) is 3.14. The molecule has 21 heavy (non-hydrogen) atoms. The second-order valence-corrected chi connectivity index (χ2v) is 6.67. The van der Waals surface area contributed by atoms with Gasteiger partial charge in [-0.3, -0.25) is 9.88 Å². The molecule has 116 valence electrons. The van der Waals surface area contributed by atoms with E-state index in [0.717, 1.165) is 13.0 Å². The summed E-state index contributed by atoms with van der Waals surface area (Å²) in [6.07, 6.45) is 13.3. The fourth-order valence-corrected chi connectivity index (χ4v) is 4.49. The SMILES string of the molecule is CCNC(Cc1ccncc1)C1(N2CCCC2)CCCC1. The highest BCUT2D eigenvalue weighted by molar-refractivity contribution is 5.16. The van der Waals surface area contributed by atoms with E-state index in [9.17, 15) is 0 Å². The lowest BCUT2D eigenvalue weighted by molar-refractivity contribution is 0.0772. The van der Waals surface area contributed by atoms with Gasteiger partial charge in [-0.1, -0.05) is 19.8 Å². The van der Waals surface area contributed by atoms with Crippen LogP contribution in [-0.4, -0.2) is 41.1 Å². The molecule has 0 amide bonds. The molecule has 0 radical (unpaired) electrons. The Kier molecular flexibility index (Phi) is 4.91. The summed E-state index contributed by atoms with van der Waals surface area (Å²) in [6, 6.07) is 4.93. The van der Waals surface area contributed by atoms with Crippen LogP contribution in [0.1, 0.15) is 51.0 Å². The van der Waals surface area contributed by atoms with E-state index in [0.29, 0.717) is 11.6 Å². The molecule has 1 saturated carbocycles. The number of hydrogen-bond donors (Lipinski definition) is 1. The van der Waals surface area contributed by atoms with E-state index < -0.39 is 0 Å². The lowest BCUT2D eigenvalue weighted by Crippen LogP contribution is -2.60. The van der Waals surface area contributed by atoms with Crippen molar-refractivity contribution in [3.8, 4) is 0 Å². The van der Waals surface area contributed by atoms with Crippen LogP contribution in [0.3, 0.4) is 0 Å². The van der Waals surface area contributed by atoms with Crippen molar-refractivity contribution >= 4 is 0 Å². The van der Waals surface area contributed by atoms with Gasteiger partial charge in [0.05, 0.1) is 0 Å². The average molecular weight is 287 g/mol. The molecule has 1 aromatic rings. The van der Waals surface area contributed by atoms with Gasteiger partial charge >= 0.3 is 0 Å². The summed E-state index contributed by atoms with van der Waals surface area (Å²) in [7, 11) is 0. The summed E-state index contributed by atoms with van der Waals surface area (Å²) in [5.74, 6) is 0. The maximum Gasteiger partial charge on any atom is 0.0365 e. The normalized spacial score (nSPS) is 23.5. The molecule has 0 spiro atoms. The van der Waals surface area contributed by atoms with E-state index in [1.165, 1.54) is 57.2 Å². The number of likely N-dealkylation sites (N-methyl/N-ethyl adjacent to an activating group) is 1. The molecule has 3 nitrogen and oxygen atoms in total. The van der Waals surface area contributed by atoms with Crippen LogP contribution in [0.4, 0.5) is 0 Å². The molecule has 2 heterocycles. The number of rotatable bonds is 6. The highest BCUT2D eigenvalue weighted by Gasteiger charge is 2.46. The monoisotopic (exact) mass is 287 g/mol. The van der Waals surface area contributed by atoms with Crippen LogP contribution in [-0.2, 0) is 6.42 Å². The van der Waals surface area contributed by atoms with E-state index in [2.05, 4.69) is 34.3 Å². The molecule has 2 fully saturated rings. The highest BCUT2D eigenvalue weighted by Crippen LogP contribution is 2.41. The summed E-state index contributed by atoms with van der Waals surface area (Å²) in [4.78, 5) is 6.97. The largest absolute Gasteiger partial charge is 0.312 e. The smallest absolute Gasteiger partial charge is 0.0365 e. The first-order valence-electron chi connectivity index (χ1n) is 8.72.